The number of fused-ring (bicyclic) bond motifs is 1. The van der Waals surface area contributed by atoms with Crippen molar-refractivity contribution in [3.8, 4) is 11.5 Å². The molecule has 0 aliphatic rings. The summed E-state index contributed by atoms with van der Waals surface area (Å²) in [5.74, 6) is 0.0939. The van der Waals surface area contributed by atoms with Crippen LogP contribution in [0, 0.1) is 5.82 Å². The Morgan fingerprint density at radius 1 is 1.15 bits per heavy atom. The Labute approximate surface area is 248 Å². The van der Waals surface area contributed by atoms with E-state index in [9.17, 15) is 14.0 Å². The average Bonchev–Trinajstić information content (AvgIpc) is 2.89. The Kier molecular flexibility index (Phi) is 9.19. The lowest BCUT2D eigenvalue weighted by Gasteiger charge is -2.15. The Bertz CT molecular complexity index is 1660. The van der Waals surface area contributed by atoms with Crippen LogP contribution in [-0.4, -0.2) is 35.5 Å². The molecule has 0 saturated carbocycles. The van der Waals surface area contributed by atoms with Gasteiger partial charge in [-0.2, -0.15) is 9.78 Å². The van der Waals surface area contributed by atoms with E-state index in [2.05, 4.69) is 63.2 Å². The zero-order chi connectivity index (χ0) is 28.3. The highest BCUT2D eigenvalue weighted by Gasteiger charge is 2.19. The van der Waals surface area contributed by atoms with E-state index >= 15 is 0 Å². The molecule has 4 rings (SSSR count). The number of hydrogen-bond donors (Lipinski definition) is 1. The van der Waals surface area contributed by atoms with Gasteiger partial charge in [-0.15, -0.1) is 0 Å². The highest BCUT2D eigenvalue weighted by atomic mass is 79.9. The second-order valence-corrected chi connectivity index (χ2v) is 11.1. The Morgan fingerprint density at radius 3 is 2.62 bits per heavy atom. The number of methoxy groups -OCH3 is 1. The molecule has 0 spiro atoms. The molecule has 0 unspecified atom stereocenters. The summed E-state index contributed by atoms with van der Waals surface area (Å²) in [4.78, 5) is 30.3. The van der Waals surface area contributed by atoms with Gasteiger partial charge >= 0.3 is 0 Å². The molecule has 0 aliphatic heterocycles. The first-order valence-corrected chi connectivity index (χ1v) is 14.0. The predicted molar refractivity (Wildman–Crippen MR) is 160 cm³/mol. The second-order valence-electron chi connectivity index (χ2n) is 8.62. The van der Waals surface area contributed by atoms with Crippen LogP contribution in [0.4, 0.5) is 10.1 Å². The smallest absolute Gasteiger partial charge is 0.282 e. The first kappa shape index (κ1) is 28.9. The molecule has 202 valence electrons. The molecule has 1 amide bonds. The zero-order valence-electron chi connectivity index (χ0n) is 21.0. The number of ether oxygens (including phenoxy) is 2. The van der Waals surface area contributed by atoms with Crippen molar-refractivity contribution in [1.29, 1.82) is 0 Å². The number of carbonyl (C=O) groups is 1. The van der Waals surface area contributed by atoms with Crippen molar-refractivity contribution < 1.29 is 18.7 Å². The molecule has 0 fully saturated rings. The van der Waals surface area contributed by atoms with E-state index in [0.717, 1.165) is 4.47 Å². The summed E-state index contributed by atoms with van der Waals surface area (Å²) in [6.07, 6.45) is 1.51. The third-order valence-electron chi connectivity index (χ3n) is 5.49. The molecular formula is C27H22Br3FN4O4. The van der Waals surface area contributed by atoms with Crippen molar-refractivity contribution in [2.24, 2.45) is 5.10 Å². The van der Waals surface area contributed by atoms with E-state index in [0.29, 0.717) is 42.7 Å². The summed E-state index contributed by atoms with van der Waals surface area (Å²) < 4.78 is 27.7. The van der Waals surface area contributed by atoms with E-state index in [-0.39, 0.29) is 23.8 Å². The maximum Gasteiger partial charge on any atom is 0.282 e. The number of anilines is 1. The van der Waals surface area contributed by atoms with Gasteiger partial charge in [-0.05, 0) is 74.3 Å². The van der Waals surface area contributed by atoms with Crippen molar-refractivity contribution in [2.75, 3.05) is 19.0 Å². The van der Waals surface area contributed by atoms with Crippen LogP contribution in [0.25, 0.3) is 10.9 Å². The summed E-state index contributed by atoms with van der Waals surface area (Å²) >= 11 is 10.4. The molecule has 0 atom stereocenters. The minimum absolute atomic E-state index is 0.0677. The van der Waals surface area contributed by atoms with E-state index < -0.39 is 11.7 Å². The molecule has 8 nitrogen and oxygen atoms in total. The molecule has 39 heavy (non-hydrogen) atoms. The first-order valence-electron chi connectivity index (χ1n) is 11.6. The van der Waals surface area contributed by atoms with Crippen LogP contribution in [0.15, 0.2) is 71.8 Å². The topological polar surface area (TPSA) is 94.8 Å². The largest absolute Gasteiger partial charge is 0.493 e. The number of halogens is 4. The quantitative estimate of drug-likeness (QED) is 0.201. The minimum Gasteiger partial charge on any atom is -0.493 e. The molecule has 0 radical (unpaired) electrons. The van der Waals surface area contributed by atoms with Gasteiger partial charge < -0.3 is 14.8 Å². The maximum atomic E-state index is 13.4. The average molecular weight is 725 g/mol. The fraction of sp³-hybridized carbons (Fsp3) is 0.185. The Morgan fingerprint density at radius 2 is 1.92 bits per heavy atom. The number of nitrogens with one attached hydrogen (secondary N) is 1. The minimum atomic E-state index is -0.479. The van der Waals surface area contributed by atoms with Crippen LogP contribution in [0.3, 0.4) is 0 Å². The van der Waals surface area contributed by atoms with Crippen LogP contribution in [0.5, 0.6) is 11.5 Å². The lowest BCUT2D eigenvalue weighted by Crippen LogP contribution is -2.23. The number of carbonyl (C=O) groups excluding carboxylic acids is 1. The fourth-order valence-corrected chi connectivity index (χ4v) is 4.95. The van der Waals surface area contributed by atoms with Crippen molar-refractivity contribution in [3.63, 3.8) is 0 Å². The fourth-order valence-electron chi connectivity index (χ4n) is 3.66. The molecule has 0 aliphatic carbocycles. The van der Waals surface area contributed by atoms with Crippen LogP contribution in [0.1, 0.15) is 31.2 Å². The van der Waals surface area contributed by atoms with Gasteiger partial charge in [0, 0.05) is 26.1 Å². The maximum absolute atomic E-state index is 13.4. The van der Waals surface area contributed by atoms with Crippen molar-refractivity contribution >= 4 is 76.5 Å². The van der Waals surface area contributed by atoms with E-state index in [4.69, 9.17) is 9.47 Å². The number of benzene rings is 3. The Balaban J connectivity index is 1.64. The van der Waals surface area contributed by atoms with Gasteiger partial charge in [0.05, 0.1) is 28.7 Å². The van der Waals surface area contributed by atoms with Gasteiger partial charge in [0.15, 0.2) is 18.1 Å². The van der Waals surface area contributed by atoms with E-state index in [1.54, 1.807) is 24.3 Å². The predicted octanol–water partition coefficient (Wildman–Crippen LogP) is 6.85. The molecule has 3 aromatic carbocycles. The summed E-state index contributed by atoms with van der Waals surface area (Å²) in [6.45, 7) is 3.52. The molecular weight excluding hydrogens is 703 g/mol. The van der Waals surface area contributed by atoms with Crippen molar-refractivity contribution in [3.05, 3.63) is 89.5 Å². The highest BCUT2D eigenvalue weighted by molar-refractivity contribution is 9.13. The summed E-state index contributed by atoms with van der Waals surface area (Å²) in [6, 6.07) is 12.6. The molecule has 1 heterocycles. The third-order valence-corrected chi connectivity index (χ3v) is 8.13. The number of aromatic nitrogens is 2. The number of rotatable bonds is 8. The van der Waals surface area contributed by atoms with Crippen LogP contribution in [-0.2, 0) is 4.79 Å². The normalized spacial score (nSPS) is 11.4. The third kappa shape index (κ3) is 6.56. The summed E-state index contributed by atoms with van der Waals surface area (Å²) in [5.41, 5.74) is 1.18. The van der Waals surface area contributed by atoms with Crippen molar-refractivity contribution in [2.45, 2.75) is 19.8 Å². The van der Waals surface area contributed by atoms with E-state index in [1.807, 2.05) is 19.9 Å². The van der Waals surface area contributed by atoms with Crippen LogP contribution >= 0.6 is 47.8 Å². The standard InChI is InChI=1S/C27H22Br3FN4O4/c1-14(2)26-34-20-8-7-16(28)10-19(20)27(37)35(26)32-12-15-9-21(38-3)25(24(30)23(15)29)39-13-22(36)33-18-6-4-5-17(31)11-18/h4-12,14H,13H2,1-3H3,(H,33,36). The monoisotopic (exact) mass is 722 g/mol. The molecule has 1 N–H and O–H groups in total. The highest BCUT2D eigenvalue weighted by Crippen LogP contribution is 2.42. The lowest BCUT2D eigenvalue weighted by molar-refractivity contribution is -0.118. The van der Waals surface area contributed by atoms with Crippen LogP contribution in [0.2, 0.25) is 0 Å². The van der Waals surface area contributed by atoms with Gasteiger partial charge in [0.1, 0.15) is 11.6 Å². The van der Waals surface area contributed by atoms with Crippen LogP contribution < -0.4 is 20.3 Å². The summed E-state index contributed by atoms with van der Waals surface area (Å²) in [7, 11) is 1.46. The number of nitrogens with zero attached hydrogens (tertiary/aromatic N) is 3. The van der Waals surface area contributed by atoms with E-state index in [1.165, 1.54) is 36.2 Å². The molecule has 12 heteroatoms. The Hall–Kier alpha value is -3.09. The van der Waals surface area contributed by atoms with Gasteiger partial charge in [-0.1, -0.05) is 35.8 Å². The lowest BCUT2D eigenvalue weighted by atomic mass is 10.2. The molecule has 1 aromatic heterocycles. The molecule has 0 bridgehead atoms. The van der Waals surface area contributed by atoms with Gasteiger partial charge in [-0.25, -0.2) is 9.37 Å². The molecule has 0 saturated heterocycles. The van der Waals surface area contributed by atoms with Crippen molar-refractivity contribution in [1.82, 2.24) is 9.66 Å². The number of amides is 1. The summed E-state index contributed by atoms with van der Waals surface area (Å²) in [5, 5.41) is 7.48. The first-order chi connectivity index (χ1) is 18.6. The van der Waals surface area contributed by atoms with Gasteiger partial charge in [-0.3, -0.25) is 9.59 Å². The molecule has 4 aromatic rings. The zero-order valence-corrected chi connectivity index (χ0v) is 25.7. The van der Waals surface area contributed by atoms with Gasteiger partial charge in [0.25, 0.3) is 11.5 Å². The number of hydrogen-bond acceptors (Lipinski definition) is 6. The SMILES string of the molecule is COc1cc(C=Nn2c(C(C)C)nc3ccc(Br)cc3c2=O)c(Br)c(Br)c1OCC(=O)Nc1cccc(F)c1. The second kappa shape index (κ2) is 12.4. The van der Waals surface area contributed by atoms with Gasteiger partial charge in [0.2, 0.25) is 0 Å².